The third-order valence-electron chi connectivity index (χ3n) is 2.68. The van der Waals surface area contributed by atoms with E-state index in [0.29, 0.717) is 19.0 Å². The van der Waals surface area contributed by atoms with Gasteiger partial charge in [0.2, 0.25) is 10.0 Å². The van der Waals surface area contributed by atoms with Crippen LogP contribution < -0.4 is 5.32 Å². The number of unbranched alkanes of at least 4 members (excludes halogenated alkanes) is 2. The van der Waals surface area contributed by atoms with Crippen molar-refractivity contribution in [2.45, 2.75) is 52.5 Å². The van der Waals surface area contributed by atoms with Crippen LogP contribution >= 0.6 is 0 Å². The smallest absolute Gasteiger partial charge is 0.213 e. The first-order chi connectivity index (χ1) is 7.90. The summed E-state index contributed by atoms with van der Waals surface area (Å²) in [5.74, 6) is 0.245. The molecule has 0 spiro atoms. The minimum Gasteiger partial charge on any atom is -0.314 e. The zero-order valence-electron chi connectivity index (χ0n) is 11.7. The van der Waals surface area contributed by atoms with Crippen molar-refractivity contribution in [1.29, 1.82) is 0 Å². The van der Waals surface area contributed by atoms with E-state index < -0.39 is 10.0 Å². The van der Waals surface area contributed by atoms with E-state index in [0.717, 1.165) is 25.8 Å². The largest absolute Gasteiger partial charge is 0.314 e. The Morgan fingerprint density at radius 3 is 2.35 bits per heavy atom. The standard InChI is InChI=1S/C12H28N2O2S/c1-5-6-7-10-14(4)17(15,16)11-8-9-13-12(2)3/h12-13H,5-11H2,1-4H3. The lowest BCUT2D eigenvalue weighted by Crippen LogP contribution is -2.32. The molecule has 0 aliphatic carbocycles. The lowest BCUT2D eigenvalue weighted by atomic mass is 10.2. The van der Waals surface area contributed by atoms with Crippen molar-refractivity contribution in [3.63, 3.8) is 0 Å². The molecule has 0 fully saturated rings. The maximum absolute atomic E-state index is 11.9. The van der Waals surface area contributed by atoms with Crippen LogP contribution in [0.1, 0.15) is 46.5 Å². The van der Waals surface area contributed by atoms with E-state index in [2.05, 4.69) is 26.1 Å². The van der Waals surface area contributed by atoms with E-state index >= 15 is 0 Å². The molecule has 1 N–H and O–H groups in total. The summed E-state index contributed by atoms with van der Waals surface area (Å²) < 4.78 is 25.2. The second kappa shape index (κ2) is 8.89. The second-order valence-corrected chi connectivity index (χ2v) is 7.00. The highest BCUT2D eigenvalue weighted by Crippen LogP contribution is 2.04. The Kier molecular flexibility index (Phi) is 8.82. The number of hydrogen-bond acceptors (Lipinski definition) is 3. The van der Waals surface area contributed by atoms with Crippen molar-refractivity contribution in [2.24, 2.45) is 0 Å². The summed E-state index contributed by atoms with van der Waals surface area (Å²) in [6.45, 7) is 7.65. The lowest BCUT2D eigenvalue weighted by Gasteiger charge is -2.17. The van der Waals surface area contributed by atoms with Crippen molar-refractivity contribution in [2.75, 3.05) is 25.9 Å². The van der Waals surface area contributed by atoms with Gasteiger partial charge < -0.3 is 5.32 Å². The number of nitrogens with one attached hydrogen (secondary N) is 1. The average molecular weight is 264 g/mol. The van der Waals surface area contributed by atoms with E-state index in [9.17, 15) is 8.42 Å². The summed E-state index contributed by atoms with van der Waals surface area (Å²) >= 11 is 0. The van der Waals surface area contributed by atoms with Crippen LogP contribution in [0.5, 0.6) is 0 Å². The summed E-state index contributed by atoms with van der Waals surface area (Å²) in [5, 5.41) is 3.23. The van der Waals surface area contributed by atoms with E-state index in [1.807, 2.05) is 0 Å². The Labute approximate surface area is 107 Å². The highest BCUT2D eigenvalue weighted by atomic mass is 32.2. The van der Waals surface area contributed by atoms with Crippen LogP contribution in [0.2, 0.25) is 0 Å². The van der Waals surface area contributed by atoms with Gasteiger partial charge in [0.25, 0.3) is 0 Å². The first-order valence-electron chi connectivity index (χ1n) is 6.57. The first-order valence-corrected chi connectivity index (χ1v) is 8.18. The van der Waals surface area contributed by atoms with E-state index in [4.69, 9.17) is 0 Å². The van der Waals surface area contributed by atoms with E-state index in [1.54, 1.807) is 7.05 Å². The molecule has 0 rings (SSSR count). The minimum atomic E-state index is -3.05. The van der Waals surface area contributed by atoms with E-state index in [1.165, 1.54) is 4.31 Å². The monoisotopic (exact) mass is 264 g/mol. The SMILES string of the molecule is CCCCCN(C)S(=O)(=O)CCCNC(C)C. The van der Waals surface area contributed by atoms with Gasteiger partial charge in [-0.3, -0.25) is 0 Å². The molecule has 104 valence electrons. The highest BCUT2D eigenvalue weighted by Gasteiger charge is 2.16. The first kappa shape index (κ1) is 16.9. The molecule has 0 radical (unpaired) electrons. The Morgan fingerprint density at radius 2 is 1.82 bits per heavy atom. The van der Waals surface area contributed by atoms with Crippen LogP contribution in [-0.2, 0) is 10.0 Å². The van der Waals surface area contributed by atoms with Crippen molar-refractivity contribution >= 4 is 10.0 Å². The molecule has 0 aromatic rings. The topological polar surface area (TPSA) is 49.4 Å². The van der Waals surface area contributed by atoms with Gasteiger partial charge in [-0.2, -0.15) is 0 Å². The lowest BCUT2D eigenvalue weighted by molar-refractivity contribution is 0.451. The predicted octanol–water partition coefficient (Wildman–Crippen LogP) is 1.83. The zero-order chi connectivity index (χ0) is 13.3. The van der Waals surface area contributed by atoms with Crippen LogP contribution in [0.25, 0.3) is 0 Å². The number of hydrogen-bond donors (Lipinski definition) is 1. The number of sulfonamides is 1. The molecule has 0 atom stereocenters. The van der Waals surface area contributed by atoms with Crippen molar-refractivity contribution < 1.29 is 8.42 Å². The molecule has 0 unspecified atom stereocenters. The van der Waals surface area contributed by atoms with Crippen molar-refractivity contribution in [1.82, 2.24) is 9.62 Å². The van der Waals surface area contributed by atoms with Crippen LogP contribution in [0.15, 0.2) is 0 Å². The molecule has 17 heavy (non-hydrogen) atoms. The molecule has 0 saturated heterocycles. The van der Waals surface area contributed by atoms with Gasteiger partial charge in [-0.1, -0.05) is 33.6 Å². The fourth-order valence-electron chi connectivity index (χ4n) is 1.52. The number of rotatable bonds is 10. The van der Waals surface area contributed by atoms with Gasteiger partial charge >= 0.3 is 0 Å². The molecule has 0 aromatic heterocycles. The predicted molar refractivity (Wildman–Crippen MR) is 73.7 cm³/mol. The zero-order valence-corrected chi connectivity index (χ0v) is 12.5. The molecule has 0 aromatic carbocycles. The minimum absolute atomic E-state index is 0.245. The maximum Gasteiger partial charge on any atom is 0.213 e. The summed E-state index contributed by atoms with van der Waals surface area (Å²) in [6.07, 6.45) is 3.84. The molecule has 0 aliphatic rings. The molecular weight excluding hydrogens is 236 g/mol. The van der Waals surface area contributed by atoms with Gasteiger partial charge in [-0.15, -0.1) is 0 Å². The third kappa shape index (κ3) is 8.57. The molecule has 4 nitrogen and oxygen atoms in total. The maximum atomic E-state index is 11.9. The van der Waals surface area contributed by atoms with Gasteiger partial charge in [0.15, 0.2) is 0 Å². The molecule has 0 amide bonds. The van der Waals surface area contributed by atoms with Crippen LogP contribution in [0.3, 0.4) is 0 Å². The van der Waals surface area contributed by atoms with Gasteiger partial charge in [0.05, 0.1) is 5.75 Å². The summed E-state index contributed by atoms with van der Waals surface area (Å²) in [6, 6.07) is 0.417. The van der Waals surface area contributed by atoms with Gasteiger partial charge in [0.1, 0.15) is 0 Å². The van der Waals surface area contributed by atoms with E-state index in [-0.39, 0.29) is 5.75 Å². The van der Waals surface area contributed by atoms with Crippen LogP contribution in [0, 0.1) is 0 Å². The third-order valence-corrected chi connectivity index (χ3v) is 4.62. The fourth-order valence-corrected chi connectivity index (χ4v) is 2.75. The summed E-state index contributed by atoms with van der Waals surface area (Å²) in [5.41, 5.74) is 0. The summed E-state index contributed by atoms with van der Waals surface area (Å²) in [7, 11) is -1.36. The Morgan fingerprint density at radius 1 is 1.18 bits per heavy atom. The normalized spacial score (nSPS) is 12.6. The molecule has 5 heteroatoms. The second-order valence-electron chi connectivity index (χ2n) is 4.81. The average Bonchev–Trinajstić information content (AvgIpc) is 2.24. The van der Waals surface area contributed by atoms with Crippen molar-refractivity contribution in [3.8, 4) is 0 Å². The molecule has 0 heterocycles. The highest BCUT2D eigenvalue weighted by molar-refractivity contribution is 7.89. The quantitative estimate of drug-likeness (QED) is 0.612. The number of nitrogens with zero attached hydrogens (tertiary/aromatic N) is 1. The van der Waals surface area contributed by atoms with Crippen molar-refractivity contribution in [3.05, 3.63) is 0 Å². The van der Waals surface area contributed by atoms with Gasteiger partial charge in [-0.25, -0.2) is 12.7 Å². The Balaban J connectivity index is 3.85. The van der Waals surface area contributed by atoms with Gasteiger partial charge in [-0.05, 0) is 19.4 Å². The Bertz CT molecular complexity index is 276. The summed E-state index contributed by atoms with van der Waals surface area (Å²) in [4.78, 5) is 0. The molecule has 0 saturated carbocycles. The van der Waals surface area contributed by atoms with Crippen LogP contribution in [0.4, 0.5) is 0 Å². The van der Waals surface area contributed by atoms with Crippen LogP contribution in [-0.4, -0.2) is 44.7 Å². The fraction of sp³-hybridized carbons (Fsp3) is 1.00. The molecule has 0 bridgehead atoms. The van der Waals surface area contributed by atoms with Gasteiger partial charge in [0, 0.05) is 19.6 Å². The molecular formula is C12H28N2O2S. The Hall–Kier alpha value is -0.130. The molecule has 0 aliphatic heterocycles.